The van der Waals surface area contributed by atoms with Gasteiger partial charge < -0.3 is 9.30 Å². The van der Waals surface area contributed by atoms with Crippen molar-refractivity contribution in [2.24, 2.45) is 0 Å². The van der Waals surface area contributed by atoms with Gasteiger partial charge in [0.2, 0.25) is 0 Å². The molecule has 1 aliphatic heterocycles. The van der Waals surface area contributed by atoms with Crippen LogP contribution in [-0.4, -0.2) is 16.7 Å². The van der Waals surface area contributed by atoms with E-state index in [-0.39, 0.29) is 0 Å². The topological polar surface area (TPSA) is 50.8 Å². The molecular weight excluding hydrogens is 238 g/mol. The van der Waals surface area contributed by atoms with Gasteiger partial charge in [-0.1, -0.05) is 0 Å². The van der Waals surface area contributed by atoms with Crippen LogP contribution >= 0.6 is 0 Å². The minimum atomic E-state index is 0.680. The van der Waals surface area contributed by atoms with Crippen LogP contribution in [0.3, 0.4) is 0 Å². The second-order valence-electron chi connectivity index (χ2n) is 4.67. The van der Waals surface area contributed by atoms with Crippen LogP contribution in [0.5, 0.6) is 5.75 Å². The Hall–Kier alpha value is -2.28. The molecule has 1 aromatic carbocycles. The summed E-state index contributed by atoms with van der Waals surface area (Å²) in [5.74, 6) is 1.85. The quantitative estimate of drug-likeness (QED) is 0.827. The molecule has 0 saturated carbocycles. The van der Waals surface area contributed by atoms with Crippen molar-refractivity contribution in [2.75, 3.05) is 7.11 Å². The summed E-state index contributed by atoms with van der Waals surface area (Å²) in [5.41, 5.74) is 2.45. The van der Waals surface area contributed by atoms with Gasteiger partial charge in [-0.15, -0.1) is 0 Å². The van der Waals surface area contributed by atoms with Gasteiger partial charge in [0.15, 0.2) is 0 Å². The average molecular weight is 253 g/mol. The maximum Gasteiger partial charge on any atom is 0.148 e. The van der Waals surface area contributed by atoms with Crippen LogP contribution in [0.25, 0.3) is 11.3 Å². The van der Waals surface area contributed by atoms with Crippen molar-refractivity contribution in [1.29, 1.82) is 5.26 Å². The van der Waals surface area contributed by atoms with Gasteiger partial charge in [0.1, 0.15) is 29.0 Å². The van der Waals surface area contributed by atoms with Crippen molar-refractivity contribution in [3.05, 3.63) is 35.8 Å². The second kappa shape index (κ2) is 4.77. The van der Waals surface area contributed by atoms with Crippen LogP contribution in [0.4, 0.5) is 0 Å². The van der Waals surface area contributed by atoms with Crippen molar-refractivity contribution < 1.29 is 4.74 Å². The Morgan fingerprint density at radius 1 is 1.26 bits per heavy atom. The second-order valence-corrected chi connectivity index (χ2v) is 4.67. The molecule has 0 bridgehead atoms. The summed E-state index contributed by atoms with van der Waals surface area (Å²) in [7, 11) is 1.64. The molecular formula is C15H15N3O. The number of fused-ring (bicyclic) bond motifs is 1. The van der Waals surface area contributed by atoms with Crippen LogP contribution in [0.2, 0.25) is 0 Å². The minimum Gasteiger partial charge on any atom is -0.497 e. The minimum absolute atomic E-state index is 0.680. The van der Waals surface area contributed by atoms with E-state index >= 15 is 0 Å². The van der Waals surface area contributed by atoms with Gasteiger partial charge in [-0.2, -0.15) is 5.26 Å². The Morgan fingerprint density at radius 2 is 2.05 bits per heavy atom. The smallest absolute Gasteiger partial charge is 0.148 e. The van der Waals surface area contributed by atoms with Gasteiger partial charge in [0, 0.05) is 18.5 Å². The molecule has 0 radical (unpaired) electrons. The Kier molecular flexibility index (Phi) is 2.96. The molecule has 1 aromatic heterocycles. The summed E-state index contributed by atoms with van der Waals surface area (Å²) < 4.78 is 7.21. The first-order chi connectivity index (χ1) is 9.33. The van der Waals surface area contributed by atoms with E-state index in [1.54, 1.807) is 7.11 Å². The van der Waals surface area contributed by atoms with Gasteiger partial charge in [0.05, 0.1) is 7.11 Å². The Bertz CT molecular complexity index is 635. The van der Waals surface area contributed by atoms with E-state index in [1.165, 1.54) is 0 Å². The standard InChI is InChI=1S/C15H15N3O/c1-19-12-7-5-11(6-8-12)15-13(10-16)18-9-3-2-4-14(18)17-15/h5-8H,2-4,9H2,1H3. The lowest BCUT2D eigenvalue weighted by molar-refractivity contribution is 0.415. The van der Waals surface area contributed by atoms with Crippen molar-refractivity contribution in [3.8, 4) is 23.1 Å². The number of methoxy groups -OCH3 is 1. The normalized spacial score (nSPS) is 13.7. The van der Waals surface area contributed by atoms with E-state index in [0.717, 1.165) is 48.6 Å². The maximum atomic E-state index is 9.39. The van der Waals surface area contributed by atoms with Crippen molar-refractivity contribution >= 4 is 0 Å². The monoisotopic (exact) mass is 253 g/mol. The molecule has 19 heavy (non-hydrogen) atoms. The van der Waals surface area contributed by atoms with Crippen LogP contribution in [0, 0.1) is 11.3 Å². The lowest BCUT2D eigenvalue weighted by Crippen LogP contribution is -2.11. The lowest BCUT2D eigenvalue weighted by Gasteiger charge is -2.13. The number of ether oxygens (including phenoxy) is 1. The number of hydrogen-bond acceptors (Lipinski definition) is 3. The number of rotatable bonds is 2. The molecule has 0 spiro atoms. The fraction of sp³-hybridized carbons (Fsp3) is 0.333. The first kappa shape index (κ1) is 11.8. The summed E-state index contributed by atoms with van der Waals surface area (Å²) in [6.07, 6.45) is 3.24. The first-order valence-electron chi connectivity index (χ1n) is 6.47. The summed E-state index contributed by atoms with van der Waals surface area (Å²) >= 11 is 0. The van der Waals surface area contributed by atoms with Gasteiger partial charge in [-0.3, -0.25) is 0 Å². The third-order valence-electron chi connectivity index (χ3n) is 3.55. The highest BCUT2D eigenvalue weighted by Crippen LogP contribution is 2.28. The Balaban J connectivity index is 2.09. The Morgan fingerprint density at radius 3 is 2.74 bits per heavy atom. The highest BCUT2D eigenvalue weighted by atomic mass is 16.5. The number of imidazole rings is 1. The van der Waals surface area contributed by atoms with E-state index in [2.05, 4.69) is 15.6 Å². The van der Waals surface area contributed by atoms with Crippen LogP contribution in [-0.2, 0) is 13.0 Å². The molecule has 0 aliphatic carbocycles. The van der Waals surface area contributed by atoms with Crippen molar-refractivity contribution in [2.45, 2.75) is 25.8 Å². The molecule has 0 amide bonds. The number of hydrogen-bond donors (Lipinski definition) is 0. The van der Waals surface area contributed by atoms with Crippen LogP contribution in [0.15, 0.2) is 24.3 Å². The average Bonchev–Trinajstić information content (AvgIpc) is 2.85. The third-order valence-corrected chi connectivity index (χ3v) is 3.55. The lowest BCUT2D eigenvalue weighted by atomic mass is 10.1. The molecule has 96 valence electrons. The van der Waals surface area contributed by atoms with Gasteiger partial charge >= 0.3 is 0 Å². The highest BCUT2D eigenvalue weighted by molar-refractivity contribution is 5.66. The summed E-state index contributed by atoms with van der Waals surface area (Å²) in [6, 6.07) is 10.0. The molecule has 0 fully saturated rings. The van der Waals surface area contributed by atoms with Gasteiger partial charge in [0.25, 0.3) is 0 Å². The molecule has 2 heterocycles. The number of aromatic nitrogens is 2. The predicted octanol–water partition coefficient (Wildman–Crippen LogP) is 2.77. The van der Waals surface area contributed by atoms with Crippen LogP contribution in [0.1, 0.15) is 24.4 Å². The number of nitrogens with zero attached hydrogens (tertiary/aromatic N) is 3. The zero-order chi connectivity index (χ0) is 13.2. The van der Waals surface area contributed by atoms with Crippen molar-refractivity contribution in [3.63, 3.8) is 0 Å². The van der Waals surface area contributed by atoms with E-state index < -0.39 is 0 Å². The number of benzene rings is 1. The molecule has 3 rings (SSSR count). The summed E-state index contributed by atoms with van der Waals surface area (Å²) in [4.78, 5) is 4.65. The first-order valence-corrected chi connectivity index (χ1v) is 6.47. The maximum absolute atomic E-state index is 9.39. The zero-order valence-corrected chi connectivity index (χ0v) is 10.9. The molecule has 2 aromatic rings. The number of nitriles is 1. The summed E-state index contributed by atoms with van der Waals surface area (Å²) in [5, 5.41) is 9.39. The van der Waals surface area contributed by atoms with E-state index in [9.17, 15) is 5.26 Å². The van der Waals surface area contributed by atoms with Crippen LogP contribution < -0.4 is 4.74 Å². The fourth-order valence-corrected chi connectivity index (χ4v) is 2.55. The van der Waals surface area contributed by atoms with Gasteiger partial charge in [-0.25, -0.2) is 4.98 Å². The molecule has 4 nitrogen and oxygen atoms in total. The largest absolute Gasteiger partial charge is 0.497 e. The Labute approximate surface area is 112 Å². The molecule has 0 atom stereocenters. The van der Waals surface area contributed by atoms with E-state index in [4.69, 9.17) is 4.74 Å². The predicted molar refractivity (Wildman–Crippen MR) is 71.9 cm³/mol. The van der Waals surface area contributed by atoms with Gasteiger partial charge in [-0.05, 0) is 37.1 Å². The van der Waals surface area contributed by atoms with E-state index in [0.29, 0.717) is 5.69 Å². The molecule has 1 aliphatic rings. The van der Waals surface area contributed by atoms with E-state index in [1.807, 2.05) is 24.3 Å². The highest BCUT2D eigenvalue weighted by Gasteiger charge is 2.20. The fourth-order valence-electron chi connectivity index (χ4n) is 2.55. The molecule has 0 N–H and O–H groups in total. The number of aryl methyl sites for hydroxylation is 1. The zero-order valence-electron chi connectivity index (χ0n) is 10.9. The SMILES string of the molecule is COc1ccc(-c2nc3n(c2C#N)CCCC3)cc1. The molecule has 4 heteroatoms. The third kappa shape index (κ3) is 1.97. The molecule has 0 unspecified atom stereocenters. The summed E-state index contributed by atoms with van der Waals surface area (Å²) in [6.45, 7) is 0.904. The van der Waals surface area contributed by atoms with Crippen molar-refractivity contribution in [1.82, 2.24) is 9.55 Å². The molecule has 0 saturated heterocycles.